The number of hydrogen-bond acceptors (Lipinski definition) is 3. The Kier molecular flexibility index (Phi) is 6.97. The summed E-state index contributed by atoms with van der Waals surface area (Å²) >= 11 is 0. The average Bonchev–Trinajstić information content (AvgIpc) is 1.97. The lowest BCUT2D eigenvalue weighted by Crippen LogP contribution is -2.32. The summed E-state index contributed by atoms with van der Waals surface area (Å²) in [6.45, 7) is 0. The van der Waals surface area contributed by atoms with Crippen LogP contribution in [-0.2, 0) is 9.53 Å². The first-order valence-corrected chi connectivity index (χ1v) is 3.27. The van der Waals surface area contributed by atoms with Crippen molar-refractivity contribution in [3.8, 4) is 0 Å². The van der Waals surface area contributed by atoms with E-state index in [2.05, 4.69) is 4.74 Å². The predicted molar refractivity (Wildman–Crippen MR) is 42.5 cm³/mol. The van der Waals surface area contributed by atoms with Crippen molar-refractivity contribution < 1.29 is 22.7 Å². The first kappa shape index (κ1) is 15.0. The van der Waals surface area contributed by atoms with Crippen LogP contribution in [0.4, 0.5) is 13.2 Å². The molecule has 0 unspecified atom stereocenters. The van der Waals surface area contributed by atoms with Gasteiger partial charge in [0.05, 0.1) is 7.11 Å². The van der Waals surface area contributed by atoms with Gasteiger partial charge < -0.3 is 10.5 Å². The van der Waals surface area contributed by atoms with Crippen LogP contribution in [-0.4, -0.2) is 25.3 Å². The summed E-state index contributed by atoms with van der Waals surface area (Å²) in [7, 11) is 1.08. The molecule has 0 saturated heterocycles. The number of nitrogens with two attached hydrogens (primary N) is 1. The van der Waals surface area contributed by atoms with Crippen LogP contribution in [0, 0.1) is 0 Å². The molecule has 0 bridgehead atoms. The summed E-state index contributed by atoms with van der Waals surface area (Å²) in [5, 5.41) is 0. The van der Waals surface area contributed by atoms with Crippen LogP contribution in [0.5, 0.6) is 0 Å². The van der Waals surface area contributed by atoms with E-state index >= 15 is 0 Å². The van der Waals surface area contributed by atoms with Crippen molar-refractivity contribution in [2.24, 2.45) is 5.73 Å². The topological polar surface area (TPSA) is 52.3 Å². The summed E-state index contributed by atoms with van der Waals surface area (Å²) in [5.41, 5.74) is 5.06. The zero-order chi connectivity index (χ0) is 9.78. The van der Waals surface area contributed by atoms with Gasteiger partial charge in [-0.05, 0) is 6.42 Å². The number of esters is 1. The Labute approximate surface area is 79.8 Å². The van der Waals surface area contributed by atoms with Gasteiger partial charge in [-0.15, -0.1) is 12.4 Å². The van der Waals surface area contributed by atoms with Crippen LogP contribution in [0.1, 0.15) is 12.8 Å². The van der Waals surface area contributed by atoms with Gasteiger partial charge in [0.2, 0.25) is 0 Å². The van der Waals surface area contributed by atoms with Gasteiger partial charge in [-0.25, -0.2) is 0 Å². The zero-order valence-electron chi connectivity index (χ0n) is 6.93. The summed E-state index contributed by atoms with van der Waals surface area (Å²) in [6.07, 6.45) is -5.77. The highest BCUT2D eigenvalue weighted by Gasteiger charge is 2.29. The Balaban J connectivity index is 0. The zero-order valence-corrected chi connectivity index (χ0v) is 7.74. The number of carbonyl (C=O) groups excluding carboxylic acids is 1. The van der Waals surface area contributed by atoms with Gasteiger partial charge in [0.1, 0.15) is 6.04 Å². The number of carbonyl (C=O) groups is 1. The Bertz CT molecular complexity index is 162. The van der Waals surface area contributed by atoms with E-state index in [0.717, 1.165) is 7.11 Å². The molecule has 0 spiro atoms. The fraction of sp³-hybridized carbons (Fsp3) is 0.833. The van der Waals surface area contributed by atoms with Crippen molar-refractivity contribution in [1.82, 2.24) is 0 Å². The molecule has 80 valence electrons. The fourth-order valence-electron chi connectivity index (χ4n) is 0.588. The molecule has 0 aromatic heterocycles. The molecule has 0 radical (unpaired) electrons. The second-order valence-corrected chi connectivity index (χ2v) is 2.28. The van der Waals surface area contributed by atoms with E-state index in [1.54, 1.807) is 0 Å². The van der Waals surface area contributed by atoms with Crippen LogP contribution in [0.2, 0.25) is 0 Å². The lowest BCUT2D eigenvalue weighted by Gasteiger charge is -2.10. The summed E-state index contributed by atoms with van der Waals surface area (Å²) in [6, 6.07) is -1.18. The summed E-state index contributed by atoms with van der Waals surface area (Å²) in [5.74, 6) is -0.820. The van der Waals surface area contributed by atoms with E-state index in [-0.39, 0.29) is 12.4 Å². The molecule has 0 aliphatic rings. The number of halogens is 4. The molecule has 0 aliphatic carbocycles. The van der Waals surface area contributed by atoms with E-state index in [1.807, 2.05) is 0 Å². The van der Waals surface area contributed by atoms with Gasteiger partial charge in [0.25, 0.3) is 0 Å². The van der Waals surface area contributed by atoms with Gasteiger partial charge in [0.15, 0.2) is 0 Å². The van der Waals surface area contributed by atoms with Gasteiger partial charge >= 0.3 is 12.1 Å². The first-order valence-electron chi connectivity index (χ1n) is 3.27. The van der Waals surface area contributed by atoms with Crippen LogP contribution >= 0.6 is 12.4 Å². The highest BCUT2D eigenvalue weighted by Crippen LogP contribution is 2.21. The van der Waals surface area contributed by atoms with Crippen molar-refractivity contribution in [3.05, 3.63) is 0 Å². The minimum Gasteiger partial charge on any atom is -0.468 e. The Morgan fingerprint density at radius 1 is 1.54 bits per heavy atom. The van der Waals surface area contributed by atoms with Crippen molar-refractivity contribution in [1.29, 1.82) is 0 Å². The van der Waals surface area contributed by atoms with Crippen LogP contribution in [0.25, 0.3) is 0 Å². The van der Waals surface area contributed by atoms with Gasteiger partial charge in [-0.3, -0.25) is 4.79 Å². The Morgan fingerprint density at radius 3 is 2.31 bits per heavy atom. The second-order valence-electron chi connectivity index (χ2n) is 2.28. The molecule has 0 heterocycles. The number of rotatable bonds is 3. The molecule has 1 atom stereocenters. The number of methoxy groups -OCH3 is 1. The van der Waals surface area contributed by atoms with Gasteiger partial charge in [-0.1, -0.05) is 0 Å². The van der Waals surface area contributed by atoms with E-state index in [0.29, 0.717) is 0 Å². The highest BCUT2D eigenvalue weighted by molar-refractivity contribution is 5.85. The first-order chi connectivity index (χ1) is 5.37. The molecule has 0 fully saturated rings. The summed E-state index contributed by atoms with van der Waals surface area (Å²) in [4.78, 5) is 10.5. The molecule has 0 saturated carbocycles. The van der Waals surface area contributed by atoms with Crippen LogP contribution in [0.3, 0.4) is 0 Å². The maximum Gasteiger partial charge on any atom is 0.389 e. The molecule has 0 aliphatic heterocycles. The third-order valence-corrected chi connectivity index (χ3v) is 1.24. The molecule has 0 amide bonds. The lowest BCUT2D eigenvalue weighted by molar-refractivity contribution is -0.147. The van der Waals surface area contributed by atoms with Crippen molar-refractivity contribution in [3.63, 3.8) is 0 Å². The predicted octanol–water partition coefficient (Wildman–Crippen LogP) is 1.25. The molecule has 0 aromatic rings. The van der Waals surface area contributed by atoms with Crippen molar-refractivity contribution in [2.75, 3.05) is 7.11 Å². The molecule has 0 aromatic carbocycles. The minimum atomic E-state index is -4.27. The molecule has 0 rings (SSSR count). The lowest BCUT2D eigenvalue weighted by atomic mass is 10.2. The largest absolute Gasteiger partial charge is 0.468 e. The smallest absolute Gasteiger partial charge is 0.389 e. The third-order valence-electron chi connectivity index (χ3n) is 1.24. The molecule has 3 nitrogen and oxygen atoms in total. The van der Waals surface area contributed by atoms with E-state index < -0.39 is 31.0 Å². The van der Waals surface area contributed by atoms with Crippen LogP contribution < -0.4 is 5.73 Å². The number of alkyl halides is 3. The van der Waals surface area contributed by atoms with E-state index in [1.165, 1.54) is 0 Å². The maximum atomic E-state index is 11.6. The summed E-state index contributed by atoms with van der Waals surface area (Å²) < 4.78 is 38.9. The normalized spacial score (nSPS) is 13.0. The molecule has 2 N–H and O–H groups in total. The highest BCUT2D eigenvalue weighted by atomic mass is 35.5. The van der Waals surface area contributed by atoms with Gasteiger partial charge in [0, 0.05) is 6.42 Å². The molecular formula is C6H11ClF3NO2. The standard InChI is InChI=1S/C6H10F3NO2.ClH/c1-12-5(11)4(10)2-3-6(7,8)9;/h4H,2-3,10H2,1H3;1H/t4-;/m1./s1. The van der Waals surface area contributed by atoms with Gasteiger partial charge in [-0.2, -0.15) is 13.2 Å². The quantitative estimate of drug-likeness (QED) is 0.730. The SMILES string of the molecule is COC(=O)[C@H](N)CCC(F)(F)F.Cl. The third kappa shape index (κ3) is 7.86. The number of hydrogen-bond donors (Lipinski definition) is 1. The fourth-order valence-corrected chi connectivity index (χ4v) is 0.588. The molecule has 13 heavy (non-hydrogen) atoms. The number of ether oxygens (including phenoxy) is 1. The van der Waals surface area contributed by atoms with Crippen molar-refractivity contribution >= 4 is 18.4 Å². The molecular weight excluding hydrogens is 211 g/mol. The Hall–Kier alpha value is -0.490. The van der Waals surface area contributed by atoms with Crippen LogP contribution in [0.15, 0.2) is 0 Å². The Morgan fingerprint density at radius 2 is 2.00 bits per heavy atom. The van der Waals surface area contributed by atoms with E-state index in [9.17, 15) is 18.0 Å². The van der Waals surface area contributed by atoms with E-state index in [4.69, 9.17) is 5.73 Å². The van der Waals surface area contributed by atoms with Crippen molar-refractivity contribution in [2.45, 2.75) is 25.1 Å². The average molecular weight is 222 g/mol. The monoisotopic (exact) mass is 221 g/mol. The minimum absolute atomic E-state index is 0. The maximum absolute atomic E-state index is 11.6. The molecule has 7 heteroatoms. The second kappa shape index (κ2) is 6.04.